The van der Waals surface area contributed by atoms with E-state index in [0.717, 1.165) is 23.8 Å². The number of hydrogen-bond donors (Lipinski definition) is 1. The minimum atomic E-state index is 0.581. The highest BCUT2D eigenvalue weighted by atomic mass is 15.2. The molecule has 2 fully saturated rings. The van der Waals surface area contributed by atoms with Crippen molar-refractivity contribution in [3.63, 3.8) is 0 Å². The third-order valence-electron chi connectivity index (χ3n) is 4.48. The lowest BCUT2D eigenvalue weighted by Crippen LogP contribution is -2.23. The summed E-state index contributed by atoms with van der Waals surface area (Å²) in [6.45, 7) is 3.14. The Labute approximate surface area is 106 Å². The molecule has 2 bridgehead atoms. The minimum absolute atomic E-state index is 0.581. The molecule has 1 N–H and O–H groups in total. The molecule has 0 spiro atoms. The first kappa shape index (κ1) is 10.5. The molecule has 0 aliphatic carbocycles. The average molecular weight is 242 g/mol. The molecule has 3 unspecified atom stereocenters. The molecular weight excluding hydrogens is 224 g/mol. The van der Waals surface area contributed by atoms with Crippen molar-refractivity contribution in [2.24, 2.45) is 0 Å². The van der Waals surface area contributed by atoms with Gasteiger partial charge in [-0.25, -0.2) is 9.97 Å². The zero-order valence-electron chi connectivity index (χ0n) is 10.6. The number of hydrogen-bond acceptors (Lipinski definition) is 3. The molecule has 0 saturated carbocycles. The van der Waals surface area contributed by atoms with Gasteiger partial charge in [-0.1, -0.05) is 0 Å². The molecule has 0 radical (unpaired) electrons. The van der Waals surface area contributed by atoms with Crippen LogP contribution in [0.2, 0.25) is 0 Å². The van der Waals surface area contributed by atoms with E-state index >= 15 is 0 Å². The second-order valence-electron chi connectivity index (χ2n) is 5.45. The Morgan fingerprint density at radius 1 is 1.44 bits per heavy atom. The minimum Gasteiger partial charge on any atom is -0.313 e. The van der Waals surface area contributed by atoms with E-state index in [-0.39, 0.29) is 0 Å². The van der Waals surface area contributed by atoms with Gasteiger partial charge in [-0.05, 0) is 38.3 Å². The van der Waals surface area contributed by atoms with E-state index in [0.29, 0.717) is 12.0 Å². The van der Waals surface area contributed by atoms with Crippen molar-refractivity contribution in [1.82, 2.24) is 19.9 Å². The Hall–Kier alpha value is -1.42. The van der Waals surface area contributed by atoms with E-state index in [2.05, 4.69) is 27.9 Å². The van der Waals surface area contributed by atoms with E-state index < -0.39 is 0 Å². The maximum absolute atomic E-state index is 4.84. The number of imidazole rings is 1. The van der Waals surface area contributed by atoms with Crippen molar-refractivity contribution in [3.05, 3.63) is 24.2 Å². The second-order valence-corrected chi connectivity index (χ2v) is 5.45. The van der Waals surface area contributed by atoms with Crippen LogP contribution in [-0.2, 0) is 6.54 Å². The van der Waals surface area contributed by atoms with Gasteiger partial charge in [0.05, 0.1) is 0 Å². The molecule has 3 atom stereocenters. The van der Waals surface area contributed by atoms with Gasteiger partial charge in [-0.3, -0.25) is 0 Å². The van der Waals surface area contributed by atoms with Gasteiger partial charge < -0.3 is 9.88 Å². The topological polar surface area (TPSA) is 42.7 Å². The molecule has 18 heavy (non-hydrogen) atoms. The number of fused-ring (bicyclic) bond motifs is 3. The monoisotopic (exact) mass is 242 g/mol. The van der Waals surface area contributed by atoms with Crippen molar-refractivity contribution in [1.29, 1.82) is 0 Å². The summed E-state index contributed by atoms with van der Waals surface area (Å²) in [5, 5.41) is 3.70. The fourth-order valence-corrected chi connectivity index (χ4v) is 3.68. The molecule has 2 aliphatic heterocycles. The number of aromatic nitrogens is 3. The molecule has 0 aromatic carbocycles. The first-order valence-corrected chi connectivity index (χ1v) is 6.94. The van der Waals surface area contributed by atoms with Gasteiger partial charge in [-0.2, -0.15) is 0 Å². The highest BCUT2D eigenvalue weighted by Gasteiger charge is 2.42. The fourth-order valence-electron chi connectivity index (χ4n) is 3.68. The molecular formula is C14H18N4. The molecule has 4 heteroatoms. The van der Waals surface area contributed by atoms with Crippen LogP contribution in [0.5, 0.6) is 0 Å². The number of nitrogens with one attached hydrogen (secondary N) is 1. The highest BCUT2D eigenvalue weighted by Crippen LogP contribution is 2.40. The van der Waals surface area contributed by atoms with Crippen LogP contribution in [0.25, 0.3) is 11.2 Å². The summed E-state index contributed by atoms with van der Waals surface area (Å²) in [5.41, 5.74) is 2.08. The van der Waals surface area contributed by atoms with Crippen LogP contribution in [0.4, 0.5) is 0 Å². The zero-order chi connectivity index (χ0) is 12.1. The first-order valence-electron chi connectivity index (χ1n) is 6.94. The van der Waals surface area contributed by atoms with Crippen LogP contribution in [-0.4, -0.2) is 26.6 Å². The number of aryl methyl sites for hydroxylation is 1. The van der Waals surface area contributed by atoms with Crippen LogP contribution in [0.15, 0.2) is 18.3 Å². The van der Waals surface area contributed by atoms with Crippen molar-refractivity contribution in [2.75, 3.05) is 0 Å². The van der Waals surface area contributed by atoms with Gasteiger partial charge >= 0.3 is 0 Å². The SMILES string of the molecule is CCn1c(C2CC3CCC2N3)nc2cccnc21. The molecule has 4 rings (SSSR count). The third kappa shape index (κ3) is 1.35. The number of rotatable bonds is 2. The lowest BCUT2D eigenvalue weighted by molar-refractivity contribution is 0.471. The van der Waals surface area contributed by atoms with Crippen molar-refractivity contribution < 1.29 is 0 Å². The molecule has 4 nitrogen and oxygen atoms in total. The summed E-state index contributed by atoms with van der Waals surface area (Å²) in [6.07, 6.45) is 5.74. The Morgan fingerprint density at radius 3 is 3.11 bits per heavy atom. The standard InChI is InChI=1S/C14H18N4/c1-2-18-13(10-8-9-5-6-11(10)16-9)17-12-4-3-7-15-14(12)18/h3-4,7,9-11,16H,2,5-6,8H2,1H3. The normalized spacial score (nSPS) is 30.4. The van der Waals surface area contributed by atoms with Gasteiger partial charge in [0.2, 0.25) is 0 Å². The van der Waals surface area contributed by atoms with Gasteiger partial charge in [0.1, 0.15) is 11.3 Å². The van der Waals surface area contributed by atoms with Crippen LogP contribution in [0, 0.1) is 0 Å². The zero-order valence-corrected chi connectivity index (χ0v) is 10.6. The van der Waals surface area contributed by atoms with Gasteiger partial charge in [-0.15, -0.1) is 0 Å². The Morgan fingerprint density at radius 2 is 2.39 bits per heavy atom. The van der Waals surface area contributed by atoms with Crippen LogP contribution in [0.1, 0.15) is 37.9 Å². The van der Waals surface area contributed by atoms with Crippen LogP contribution in [0.3, 0.4) is 0 Å². The quantitative estimate of drug-likeness (QED) is 0.876. The van der Waals surface area contributed by atoms with Crippen molar-refractivity contribution >= 4 is 11.2 Å². The molecule has 4 heterocycles. The van der Waals surface area contributed by atoms with Gasteiger partial charge in [0, 0.05) is 30.7 Å². The van der Waals surface area contributed by atoms with E-state index in [4.69, 9.17) is 4.98 Å². The first-order chi connectivity index (χ1) is 8.86. The lowest BCUT2D eigenvalue weighted by Gasteiger charge is -2.20. The molecule has 2 saturated heterocycles. The maximum Gasteiger partial charge on any atom is 0.159 e. The predicted molar refractivity (Wildman–Crippen MR) is 70.5 cm³/mol. The van der Waals surface area contributed by atoms with Crippen LogP contribution < -0.4 is 5.32 Å². The molecule has 2 aromatic heterocycles. The van der Waals surface area contributed by atoms with E-state index in [9.17, 15) is 0 Å². The van der Waals surface area contributed by atoms with E-state index in [1.54, 1.807) is 0 Å². The predicted octanol–water partition coefficient (Wildman–Crippen LogP) is 2.06. The van der Waals surface area contributed by atoms with E-state index in [1.165, 1.54) is 25.1 Å². The summed E-state index contributed by atoms with van der Waals surface area (Å²) in [4.78, 5) is 9.33. The highest BCUT2D eigenvalue weighted by molar-refractivity contribution is 5.71. The lowest BCUT2D eigenvalue weighted by atomic mass is 9.88. The number of pyridine rings is 1. The maximum atomic E-state index is 4.84. The Bertz CT molecular complexity index is 588. The largest absolute Gasteiger partial charge is 0.313 e. The fraction of sp³-hybridized carbons (Fsp3) is 0.571. The Kier molecular flexibility index (Phi) is 2.21. The molecule has 0 amide bonds. The van der Waals surface area contributed by atoms with Crippen molar-refractivity contribution in [3.8, 4) is 0 Å². The molecule has 2 aromatic rings. The van der Waals surface area contributed by atoms with Gasteiger partial charge in [0.15, 0.2) is 5.65 Å². The summed E-state index contributed by atoms with van der Waals surface area (Å²) >= 11 is 0. The average Bonchev–Trinajstić information content (AvgIpc) is 3.10. The molecule has 2 aliphatic rings. The summed E-state index contributed by atoms with van der Waals surface area (Å²) in [5.74, 6) is 1.82. The summed E-state index contributed by atoms with van der Waals surface area (Å²) in [6, 6.07) is 5.40. The Balaban J connectivity index is 1.84. The third-order valence-corrected chi connectivity index (χ3v) is 4.48. The summed E-state index contributed by atoms with van der Waals surface area (Å²) < 4.78 is 2.29. The van der Waals surface area contributed by atoms with Crippen LogP contribution >= 0.6 is 0 Å². The number of nitrogens with zero attached hydrogens (tertiary/aromatic N) is 3. The van der Waals surface area contributed by atoms with E-state index in [1.807, 2.05) is 12.3 Å². The van der Waals surface area contributed by atoms with Crippen molar-refractivity contribution in [2.45, 2.75) is 50.7 Å². The summed E-state index contributed by atoms with van der Waals surface area (Å²) in [7, 11) is 0. The second kappa shape index (κ2) is 3.79. The molecule has 94 valence electrons. The van der Waals surface area contributed by atoms with Gasteiger partial charge in [0.25, 0.3) is 0 Å². The smallest absolute Gasteiger partial charge is 0.159 e.